The quantitative estimate of drug-likeness (QED) is 0.254. The van der Waals surface area contributed by atoms with Gasteiger partial charge in [0.15, 0.2) is 0 Å². The molecule has 0 bridgehead atoms. The van der Waals surface area contributed by atoms with Crippen LogP contribution >= 0.6 is 23.5 Å². The van der Waals surface area contributed by atoms with Crippen LogP contribution in [-0.2, 0) is 61.1 Å². The molecule has 4 aliphatic rings. The normalized spacial score (nSPS) is 27.4. The van der Waals surface area contributed by atoms with Crippen LogP contribution in [0.1, 0.15) is 38.8 Å². The van der Waals surface area contributed by atoms with Crippen LogP contribution in [0, 0.1) is 0 Å². The van der Waals surface area contributed by atoms with E-state index in [1.165, 1.54) is 33.3 Å². The van der Waals surface area contributed by atoms with Crippen LogP contribution in [0.3, 0.4) is 0 Å². The number of amides is 4. The van der Waals surface area contributed by atoms with Crippen LogP contribution in [0.25, 0.3) is 0 Å². The van der Waals surface area contributed by atoms with Crippen molar-refractivity contribution in [2.45, 2.75) is 84.9 Å². The van der Waals surface area contributed by atoms with Gasteiger partial charge < -0.3 is 40.2 Å². The fraction of sp³-hybridized carbons (Fsp3) is 0.438. The fourth-order valence-electron chi connectivity index (χ4n) is 6.26. The minimum absolute atomic E-state index is 0. The number of fused-ring (bicyclic) bond motifs is 2. The van der Waals surface area contributed by atoms with Gasteiger partial charge in [-0.2, -0.15) is 0 Å². The summed E-state index contributed by atoms with van der Waals surface area (Å²) < 4.78 is -1.28. The van der Waals surface area contributed by atoms with Crippen molar-refractivity contribution < 1.29 is 58.5 Å². The summed E-state index contributed by atoms with van der Waals surface area (Å²) in [6, 6.07) is 15.2. The van der Waals surface area contributed by atoms with Crippen molar-refractivity contribution in [3.05, 3.63) is 71.8 Å². The topological polar surface area (TPSA) is 179 Å². The maximum Gasteiger partial charge on any atom is 2.00 e. The van der Waals surface area contributed by atoms with E-state index in [-0.39, 0.29) is 66.7 Å². The number of carboxylic acid groups (broad SMARTS) is 2. The molecule has 2 N–H and O–H groups in total. The summed E-state index contributed by atoms with van der Waals surface area (Å²) in [4.78, 5) is 74.0. The van der Waals surface area contributed by atoms with E-state index in [1.807, 2.05) is 60.7 Å². The first-order valence-electron chi connectivity index (χ1n) is 14.7. The molecule has 4 saturated heterocycles. The van der Waals surface area contributed by atoms with Crippen molar-refractivity contribution in [3.63, 3.8) is 0 Å². The van der Waals surface area contributed by atoms with Gasteiger partial charge in [-0.05, 0) is 38.8 Å². The van der Waals surface area contributed by atoms with Crippen molar-refractivity contribution >= 4 is 59.1 Å². The van der Waals surface area contributed by atoms with Crippen LogP contribution in [0.15, 0.2) is 60.7 Å². The van der Waals surface area contributed by atoms with Gasteiger partial charge in [-0.3, -0.25) is 19.2 Å². The Morgan fingerprint density at radius 1 is 0.660 bits per heavy atom. The molecule has 2 aromatic rings. The van der Waals surface area contributed by atoms with E-state index in [1.54, 1.807) is 27.7 Å². The van der Waals surface area contributed by atoms with Gasteiger partial charge in [-0.25, -0.2) is 0 Å². The maximum atomic E-state index is 12.2. The largest absolute Gasteiger partial charge is 2.00 e. The smallest absolute Gasteiger partial charge is 0.548 e. The Morgan fingerprint density at radius 2 is 0.979 bits per heavy atom. The Labute approximate surface area is 293 Å². The molecular weight excluding hydrogens is 698 g/mol. The first-order chi connectivity index (χ1) is 21.6. The number of thioether (sulfide) groups is 2. The molecule has 0 unspecified atom stereocenters. The first-order valence-corrected chi connectivity index (χ1v) is 16.5. The molecule has 6 atom stereocenters. The summed E-state index contributed by atoms with van der Waals surface area (Å²) in [5, 5.41) is 27.4. The van der Waals surface area contributed by atoms with Gasteiger partial charge in [-0.1, -0.05) is 60.7 Å². The van der Waals surface area contributed by atoms with Crippen molar-refractivity contribution in [2.75, 3.05) is 0 Å². The van der Waals surface area contributed by atoms with Crippen LogP contribution in [0.2, 0.25) is 0 Å². The van der Waals surface area contributed by atoms with Gasteiger partial charge >= 0.3 is 19.5 Å². The molecule has 6 rings (SSSR count). The zero-order valence-corrected chi connectivity index (χ0v) is 30.9. The average Bonchev–Trinajstić information content (AvgIpc) is 3.40. The molecule has 0 aliphatic carbocycles. The molecule has 4 fully saturated rings. The number of nitrogens with one attached hydrogen (secondary N) is 2. The number of β-lactam (4-membered cyclic amide) rings is 2. The third kappa shape index (κ3) is 7.22. The second-order valence-electron chi connectivity index (χ2n) is 12.6. The van der Waals surface area contributed by atoms with Crippen molar-refractivity contribution in [1.82, 2.24) is 20.4 Å². The van der Waals surface area contributed by atoms with Crippen LogP contribution in [0.4, 0.5) is 0 Å². The monoisotopic (exact) mass is 730 g/mol. The Hall–Kier alpha value is -3.42. The van der Waals surface area contributed by atoms with Gasteiger partial charge in [-0.15, -0.1) is 23.5 Å². The van der Waals surface area contributed by atoms with E-state index in [4.69, 9.17) is 0 Å². The van der Waals surface area contributed by atoms with Gasteiger partial charge in [0.2, 0.25) is 23.6 Å². The molecule has 0 aromatic heterocycles. The van der Waals surface area contributed by atoms with Gasteiger partial charge in [0.05, 0.1) is 36.9 Å². The first kappa shape index (κ1) is 36.4. The second kappa shape index (κ2) is 14.0. The molecule has 4 aliphatic heterocycles. The number of aliphatic carboxylic acids is 2. The van der Waals surface area contributed by atoms with Gasteiger partial charge in [0.1, 0.15) is 22.8 Å². The Kier molecular flexibility index (Phi) is 10.8. The molecule has 4 amide bonds. The number of hydrogen-bond donors (Lipinski definition) is 2. The molecule has 0 saturated carbocycles. The van der Waals surface area contributed by atoms with Crippen LogP contribution < -0.4 is 20.8 Å². The number of benzene rings is 2. The van der Waals surface area contributed by atoms with E-state index in [0.29, 0.717) is 0 Å². The third-order valence-electron chi connectivity index (χ3n) is 8.38. The maximum absolute atomic E-state index is 12.2. The molecule has 0 spiro atoms. The minimum atomic E-state index is -1.26. The standard InChI is InChI=1S/2C16H18N2O4S.Zn/c2*1-16(2)12(15(21)22)18-13(20)11(14(18)23-16)17-10(19)8-9-6-4-3-5-7-9;/h2*3-7,11-12,14H,8H2,1-2H3,(H,17,19)(H,21,22);/q;;+2/p-2/t2*11-,12+,14-;/m11./s1. The summed E-state index contributed by atoms with van der Waals surface area (Å²) in [5.41, 5.74) is 1.72. The average molecular weight is 732 g/mol. The minimum Gasteiger partial charge on any atom is -0.548 e. The van der Waals surface area contributed by atoms with E-state index in [0.717, 1.165) is 11.1 Å². The molecule has 244 valence electrons. The SMILES string of the molecule is CC1(C)S[C@@H]2[C@H](NC(=O)Cc3ccccc3)C(=O)N2[C@H]1C(=O)[O-].CC1(C)S[C@@H]2[C@H](NC(=O)Cc3ccccc3)C(=O)N2[C@H]1C(=O)[O-].[Zn+2]. The molecule has 15 heteroatoms. The number of hydrogen-bond acceptors (Lipinski definition) is 10. The Balaban J connectivity index is 0.000000208. The van der Waals surface area contributed by atoms with Gasteiger partial charge in [0, 0.05) is 9.49 Å². The number of carbonyl (C=O) groups excluding carboxylic acids is 6. The van der Waals surface area contributed by atoms with Crippen LogP contribution in [-0.4, -0.2) is 89.8 Å². The molecule has 2 aromatic carbocycles. The predicted octanol–water partition coefficient (Wildman–Crippen LogP) is -0.950. The van der Waals surface area contributed by atoms with E-state index >= 15 is 0 Å². The Bertz CT molecular complexity index is 1450. The van der Waals surface area contributed by atoms with Crippen molar-refractivity contribution in [2.24, 2.45) is 0 Å². The summed E-state index contributed by atoms with van der Waals surface area (Å²) in [7, 11) is 0. The second-order valence-corrected chi connectivity index (χ2v) is 16.1. The fourth-order valence-corrected chi connectivity index (χ4v) is 9.51. The van der Waals surface area contributed by atoms with Crippen molar-refractivity contribution in [3.8, 4) is 0 Å². The number of carbonyl (C=O) groups is 6. The summed E-state index contributed by atoms with van der Waals surface area (Å²) >= 11 is 2.77. The number of nitrogens with zero attached hydrogens (tertiary/aromatic N) is 2. The molecular formula is C32H34N4O8S2Zn. The molecule has 12 nitrogen and oxygen atoms in total. The zero-order valence-electron chi connectivity index (χ0n) is 26.3. The van der Waals surface area contributed by atoms with E-state index < -0.39 is 45.6 Å². The molecule has 47 heavy (non-hydrogen) atoms. The Morgan fingerprint density at radius 3 is 1.28 bits per heavy atom. The van der Waals surface area contributed by atoms with E-state index in [9.17, 15) is 39.0 Å². The summed E-state index contributed by atoms with van der Waals surface area (Å²) in [5.74, 6) is -3.72. The van der Waals surface area contributed by atoms with Gasteiger partial charge in [0.25, 0.3) is 0 Å². The predicted molar refractivity (Wildman–Crippen MR) is 166 cm³/mol. The number of rotatable bonds is 8. The van der Waals surface area contributed by atoms with Crippen molar-refractivity contribution in [1.29, 1.82) is 0 Å². The van der Waals surface area contributed by atoms with E-state index in [2.05, 4.69) is 10.6 Å². The third-order valence-corrected chi connectivity index (χ3v) is 11.5. The van der Waals surface area contributed by atoms with Crippen LogP contribution in [0.5, 0.6) is 0 Å². The summed E-state index contributed by atoms with van der Waals surface area (Å²) in [6.45, 7) is 7.08. The zero-order chi connectivity index (χ0) is 33.6. The summed E-state index contributed by atoms with van der Waals surface area (Å²) in [6.07, 6.45) is 0.380. The number of carboxylic acids is 2. The molecule has 4 heterocycles. The molecule has 0 radical (unpaired) electrons.